The van der Waals surface area contributed by atoms with Gasteiger partial charge in [0.2, 0.25) is 0 Å². The van der Waals surface area contributed by atoms with E-state index in [1.54, 1.807) is 12.4 Å². The zero-order valence-electron chi connectivity index (χ0n) is 10.1. The Morgan fingerprint density at radius 1 is 1.30 bits per heavy atom. The quantitative estimate of drug-likeness (QED) is 0.383. The van der Waals surface area contributed by atoms with Crippen LogP contribution in [0.2, 0.25) is 0 Å². The van der Waals surface area contributed by atoms with Crippen molar-refractivity contribution in [2.24, 2.45) is 5.73 Å². The van der Waals surface area contributed by atoms with Crippen LogP contribution in [-0.2, 0) is 0 Å². The Bertz CT molecular complexity index is 799. The molecule has 0 bridgehead atoms. The molecule has 0 atom stereocenters. The van der Waals surface area contributed by atoms with E-state index in [-0.39, 0.29) is 5.84 Å². The van der Waals surface area contributed by atoms with E-state index in [9.17, 15) is 0 Å². The molecule has 0 amide bonds. The van der Waals surface area contributed by atoms with E-state index in [1.807, 2.05) is 12.1 Å². The number of fused-ring (bicyclic) bond motifs is 1. The summed E-state index contributed by atoms with van der Waals surface area (Å²) in [7, 11) is 0. The number of imidazole rings is 1. The molecule has 0 fully saturated rings. The van der Waals surface area contributed by atoms with Crippen LogP contribution in [0, 0.1) is 5.41 Å². The number of hydrogen-bond donors (Lipinski definition) is 3. The van der Waals surface area contributed by atoms with Crippen molar-refractivity contribution in [2.75, 3.05) is 0 Å². The van der Waals surface area contributed by atoms with Gasteiger partial charge in [0.15, 0.2) is 5.65 Å². The lowest BCUT2D eigenvalue weighted by Gasteiger charge is -2.08. The van der Waals surface area contributed by atoms with Crippen LogP contribution in [0.15, 0.2) is 45.2 Å². The van der Waals surface area contributed by atoms with Gasteiger partial charge in [-0.05, 0) is 18.2 Å². The summed E-state index contributed by atoms with van der Waals surface area (Å²) in [6.45, 7) is 0. The van der Waals surface area contributed by atoms with Crippen LogP contribution >= 0.6 is 27.7 Å². The number of rotatable bonds is 3. The first kappa shape index (κ1) is 13.1. The molecule has 0 aliphatic carbocycles. The molecule has 0 unspecified atom stereocenters. The van der Waals surface area contributed by atoms with E-state index >= 15 is 0 Å². The highest BCUT2D eigenvalue weighted by molar-refractivity contribution is 9.10. The Balaban J connectivity index is 2.09. The van der Waals surface area contributed by atoms with Crippen LogP contribution in [0.5, 0.6) is 0 Å². The van der Waals surface area contributed by atoms with Crippen LogP contribution in [0.25, 0.3) is 11.2 Å². The standard InChI is InChI=1S/C12H9BrN6S/c13-6-1-2-7(10(14)15)8(3-6)20-12-9-11(17-4-16-9)18-5-19-12/h1-5H,(H3,14,15)(H,16,17,18,19). The molecule has 4 N–H and O–H groups in total. The molecule has 20 heavy (non-hydrogen) atoms. The molecule has 100 valence electrons. The minimum atomic E-state index is 0.0231. The van der Waals surface area contributed by atoms with E-state index in [1.165, 1.54) is 18.1 Å². The maximum Gasteiger partial charge on any atom is 0.181 e. The second-order valence-corrected chi connectivity index (χ2v) is 5.88. The molecule has 0 radical (unpaired) electrons. The van der Waals surface area contributed by atoms with Crippen LogP contribution in [0.1, 0.15) is 5.56 Å². The summed E-state index contributed by atoms with van der Waals surface area (Å²) in [6.07, 6.45) is 3.05. The molecule has 1 aromatic carbocycles. The summed E-state index contributed by atoms with van der Waals surface area (Å²) in [4.78, 5) is 16.3. The Hall–Kier alpha value is -1.93. The van der Waals surface area contributed by atoms with E-state index in [4.69, 9.17) is 11.1 Å². The maximum atomic E-state index is 7.64. The summed E-state index contributed by atoms with van der Waals surface area (Å²) >= 11 is 4.84. The molecule has 2 heterocycles. The highest BCUT2D eigenvalue weighted by Crippen LogP contribution is 2.33. The number of nitrogen functional groups attached to an aromatic ring is 1. The average molecular weight is 349 g/mol. The Kier molecular flexibility index (Phi) is 3.41. The first-order valence-corrected chi connectivity index (χ1v) is 7.22. The zero-order chi connectivity index (χ0) is 14.1. The Morgan fingerprint density at radius 2 is 2.15 bits per heavy atom. The third-order valence-corrected chi connectivity index (χ3v) is 4.18. The summed E-state index contributed by atoms with van der Waals surface area (Å²) < 4.78 is 0.917. The number of amidine groups is 1. The van der Waals surface area contributed by atoms with Gasteiger partial charge in [-0.3, -0.25) is 5.41 Å². The lowest BCUT2D eigenvalue weighted by Crippen LogP contribution is -2.12. The number of hydrogen-bond acceptors (Lipinski definition) is 5. The largest absolute Gasteiger partial charge is 0.384 e. The van der Waals surface area contributed by atoms with Gasteiger partial charge in [-0.15, -0.1) is 0 Å². The van der Waals surface area contributed by atoms with Gasteiger partial charge >= 0.3 is 0 Å². The van der Waals surface area contributed by atoms with Crippen molar-refractivity contribution in [1.82, 2.24) is 19.9 Å². The van der Waals surface area contributed by atoms with Gasteiger partial charge in [-0.2, -0.15) is 0 Å². The fraction of sp³-hybridized carbons (Fsp3) is 0. The predicted octanol–water partition coefficient (Wildman–Crippen LogP) is 2.55. The average Bonchev–Trinajstić information content (AvgIpc) is 2.88. The number of nitrogens with one attached hydrogen (secondary N) is 2. The molecule has 0 saturated carbocycles. The lowest BCUT2D eigenvalue weighted by atomic mass is 10.2. The van der Waals surface area contributed by atoms with E-state index in [2.05, 4.69) is 35.9 Å². The fourth-order valence-electron chi connectivity index (χ4n) is 1.73. The second-order valence-electron chi connectivity index (χ2n) is 3.94. The van der Waals surface area contributed by atoms with Crippen molar-refractivity contribution in [3.63, 3.8) is 0 Å². The van der Waals surface area contributed by atoms with Crippen LogP contribution in [0.4, 0.5) is 0 Å². The van der Waals surface area contributed by atoms with Gasteiger partial charge in [-0.1, -0.05) is 27.7 Å². The molecular weight excluding hydrogens is 340 g/mol. The summed E-state index contributed by atoms with van der Waals surface area (Å²) in [5.41, 5.74) is 7.67. The van der Waals surface area contributed by atoms with Gasteiger partial charge in [-0.25, -0.2) is 15.0 Å². The number of benzene rings is 1. The molecule has 0 saturated heterocycles. The first-order chi connectivity index (χ1) is 9.65. The number of nitrogens with zero attached hydrogens (tertiary/aromatic N) is 3. The second kappa shape index (κ2) is 5.22. The van der Waals surface area contributed by atoms with Crippen molar-refractivity contribution < 1.29 is 0 Å². The molecule has 3 rings (SSSR count). The van der Waals surface area contributed by atoms with Crippen molar-refractivity contribution in [3.8, 4) is 0 Å². The number of aromatic nitrogens is 4. The van der Waals surface area contributed by atoms with Crippen LogP contribution in [-0.4, -0.2) is 25.8 Å². The smallest absolute Gasteiger partial charge is 0.181 e. The highest BCUT2D eigenvalue weighted by atomic mass is 79.9. The molecule has 0 aliphatic heterocycles. The summed E-state index contributed by atoms with van der Waals surface area (Å²) in [5.74, 6) is 0.0231. The molecule has 6 nitrogen and oxygen atoms in total. The third-order valence-electron chi connectivity index (χ3n) is 2.63. The molecule has 3 aromatic rings. The number of halogens is 1. The number of aromatic amines is 1. The third kappa shape index (κ3) is 2.39. The maximum absolute atomic E-state index is 7.64. The molecular formula is C12H9BrN6S. The molecule has 8 heteroatoms. The summed E-state index contributed by atoms with van der Waals surface area (Å²) in [6, 6.07) is 5.57. The van der Waals surface area contributed by atoms with Gasteiger partial charge in [0, 0.05) is 14.9 Å². The van der Waals surface area contributed by atoms with Gasteiger partial charge in [0.1, 0.15) is 22.7 Å². The van der Waals surface area contributed by atoms with E-state index < -0.39 is 0 Å². The van der Waals surface area contributed by atoms with E-state index in [0.29, 0.717) is 11.2 Å². The summed E-state index contributed by atoms with van der Waals surface area (Å²) in [5, 5.41) is 8.39. The number of H-pyrrole nitrogens is 1. The van der Waals surface area contributed by atoms with Gasteiger partial charge in [0.25, 0.3) is 0 Å². The minimum Gasteiger partial charge on any atom is -0.384 e. The van der Waals surface area contributed by atoms with Crippen LogP contribution < -0.4 is 5.73 Å². The zero-order valence-corrected chi connectivity index (χ0v) is 12.5. The normalized spacial score (nSPS) is 10.8. The van der Waals surface area contributed by atoms with Crippen molar-refractivity contribution in [1.29, 1.82) is 5.41 Å². The van der Waals surface area contributed by atoms with Crippen LogP contribution in [0.3, 0.4) is 0 Å². The van der Waals surface area contributed by atoms with Crippen molar-refractivity contribution in [3.05, 3.63) is 40.9 Å². The van der Waals surface area contributed by atoms with Gasteiger partial charge < -0.3 is 10.7 Å². The Labute approximate surface area is 126 Å². The first-order valence-electron chi connectivity index (χ1n) is 5.61. The van der Waals surface area contributed by atoms with Gasteiger partial charge in [0.05, 0.1) is 6.33 Å². The predicted molar refractivity (Wildman–Crippen MR) is 81.0 cm³/mol. The SMILES string of the molecule is N=C(N)c1ccc(Br)cc1Sc1ncnc2nc[nH]c12. The van der Waals surface area contributed by atoms with Crippen molar-refractivity contribution in [2.45, 2.75) is 9.92 Å². The molecule has 2 aromatic heterocycles. The molecule has 0 aliphatic rings. The molecule has 0 spiro atoms. The Morgan fingerprint density at radius 3 is 2.95 bits per heavy atom. The van der Waals surface area contributed by atoms with E-state index in [0.717, 1.165) is 19.9 Å². The topological polar surface area (TPSA) is 104 Å². The monoisotopic (exact) mass is 348 g/mol. The van der Waals surface area contributed by atoms with Crippen molar-refractivity contribution >= 4 is 44.7 Å². The fourth-order valence-corrected chi connectivity index (χ4v) is 3.27. The number of nitrogens with two attached hydrogens (primary N) is 1. The highest BCUT2D eigenvalue weighted by Gasteiger charge is 2.12. The minimum absolute atomic E-state index is 0.0231. The lowest BCUT2D eigenvalue weighted by molar-refractivity contribution is 1.08.